The molecule has 0 fully saturated rings. The lowest BCUT2D eigenvalue weighted by atomic mass is 9.98. The van der Waals surface area contributed by atoms with Crippen molar-refractivity contribution in [2.45, 2.75) is 19.8 Å². The Labute approximate surface area is 117 Å². The van der Waals surface area contributed by atoms with Crippen molar-refractivity contribution in [2.75, 3.05) is 5.73 Å². The molecule has 0 radical (unpaired) electrons. The Balaban J connectivity index is 2.28. The van der Waals surface area contributed by atoms with Crippen LogP contribution >= 0.6 is 0 Å². The van der Waals surface area contributed by atoms with Crippen molar-refractivity contribution >= 4 is 16.6 Å². The highest BCUT2D eigenvalue weighted by Gasteiger charge is 2.12. The van der Waals surface area contributed by atoms with Crippen molar-refractivity contribution in [3.63, 3.8) is 0 Å². The number of aromatic nitrogens is 3. The number of nitrogens with zero attached hydrogens (tertiary/aromatic N) is 3. The molecule has 0 aliphatic heterocycles. The average molecular weight is 264 g/mol. The van der Waals surface area contributed by atoms with Gasteiger partial charge in [0, 0.05) is 28.9 Å². The van der Waals surface area contributed by atoms with E-state index in [2.05, 4.69) is 34.0 Å². The van der Waals surface area contributed by atoms with Crippen LogP contribution < -0.4 is 5.73 Å². The molecule has 0 spiro atoms. The van der Waals surface area contributed by atoms with E-state index in [-0.39, 0.29) is 0 Å². The summed E-state index contributed by atoms with van der Waals surface area (Å²) in [5, 5.41) is 2.24. The standard InChI is InChI=1S/C16H16N4/c1-2-4-14-15(19-10-20-16(14)17)13-6-3-5-11-9-18-8-7-12(11)13/h3,5-10H,2,4H2,1H3,(H2,17,19,20). The summed E-state index contributed by atoms with van der Waals surface area (Å²) in [7, 11) is 0. The van der Waals surface area contributed by atoms with E-state index < -0.39 is 0 Å². The molecular weight excluding hydrogens is 248 g/mol. The third-order valence-corrected chi connectivity index (χ3v) is 3.41. The van der Waals surface area contributed by atoms with Gasteiger partial charge in [-0.1, -0.05) is 31.5 Å². The van der Waals surface area contributed by atoms with Crippen LogP contribution in [0.15, 0.2) is 43.0 Å². The summed E-state index contributed by atoms with van der Waals surface area (Å²) in [6.45, 7) is 2.13. The monoisotopic (exact) mass is 264 g/mol. The highest BCUT2D eigenvalue weighted by atomic mass is 14.9. The van der Waals surface area contributed by atoms with Crippen LogP contribution in [-0.2, 0) is 6.42 Å². The zero-order valence-corrected chi connectivity index (χ0v) is 11.4. The minimum Gasteiger partial charge on any atom is -0.383 e. The molecule has 0 unspecified atom stereocenters. The maximum Gasteiger partial charge on any atom is 0.130 e. The van der Waals surface area contributed by atoms with Crippen LogP contribution in [0.25, 0.3) is 22.0 Å². The molecule has 0 atom stereocenters. The highest BCUT2D eigenvalue weighted by Crippen LogP contribution is 2.31. The molecule has 0 saturated heterocycles. The fourth-order valence-corrected chi connectivity index (χ4v) is 2.48. The molecule has 4 heteroatoms. The molecule has 0 saturated carbocycles. The third kappa shape index (κ3) is 2.09. The summed E-state index contributed by atoms with van der Waals surface area (Å²) >= 11 is 0. The number of nitrogens with two attached hydrogens (primary N) is 1. The van der Waals surface area contributed by atoms with Crippen molar-refractivity contribution in [3.8, 4) is 11.3 Å². The number of pyridine rings is 1. The number of hydrogen-bond acceptors (Lipinski definition) is 4. The predicted octanol–water partition coefficient (Wildman–Crippen LogP) is 3.23. The van der Waals surface area contributed by atoms with E-state index >= 15 is 0 Å². The third-order valence-electron chi connectivity index (χ3n) is 3.41. The van der Waals surface area contributed by atoms with Gasteiger partial charge in [-0.3, -0.25) is 4.98 Å². The molecule has 2 N–H and O–H groups in total. The second-order valence-corrected chi connectivity index (χ2v) is 4.74. The number of rotatable bonds is 3. The largest absolute Gasteiger partial charge is 0.383 e. The number of hydrogen-bond donors (Lipinski definition) is 1. The van der Waals surface area contributed by atoms with E-state index in [1.807, 2.05) is 18.3 Å². The Kier molecular flexibility index (Phi) is 3.29. The second kappa shape index (κ2) is 5.25. The molecule has 20 heavy (non-hydrogen) atoms. The van der Waals surface area contributed by atoms with Crippen molar-refractivity contribution in [2.24, 2.45) is 0 Å². The maximum absolute atomic E-state index is 6.03. The van der Waals surface area contributed by atoms with Gasteiger partial charge < -0.3 is 5.73 Å². The van der Waals surface area contributed by atoms with Gasteiger partial charge in [0.25, 0.3) is 0 Å². The van der Waals surface area contributed by atoms with Gasteiger partial charge in [0.1, 0.15) is 12.1 Å². The normalized spacial score (nSPS) is 10.8. The smallest absolute Gasteiger partial charge is 0.130 e. The Morgan fingerprint density at radius 2 is 2.05 bits per heavy atom. The number of nitrogen functional groups attached to an aromatic ring is 1. The van der Waals surface area contributed by atoms with E-state index in [1.54, 1.807) is 6.20 Å². The van der Waals surface area contributed by atoms with E-state index in [4.69, 9.17) is 5.73 Å². The Hall–Kier alpha value is -2.49. The second-order valence-electron chi connectivity index (χ2n) is 4.74. The molecule has 1 aromatic carbocycles. The Morgan fingerprint density at radius 3 is 2.90 bits per heavy atom. The quantitative estimate of drug-likeness (QED) is 0.788. The van der Waals surface area contributed by atoms with Crippen LogP contribution in [0.4, 0.5) is 5.82 Å². The zero-order chi connectivity index (χ0) is 13.9. The number of benzene rings is 1. The van der Waals surface area contributed by atoms with E-state index in [0.29, 0.717) is 5.82 Å². The van der Waals surface area contributed by atoms with Crippen molar-refractivity contribution in [3.05, 3.63) is 48.5 Å². The van der Waals surface area contributed by atoms with Crippen LogP contribution in [0.5, 0.6) is 0 Å². The molecule has 3 aromatic rings. The first kappa shape index (κ1) is 12.5. The summed E-state index contributed by atoms with van der Waals surface area (Å²) in [6, 6.07) is 8.16. The SMILES string of the molecule is CCCc1c(N)ncnc1-c1cccc2cnccc12. The summed E-state index contributed by atoms with van der Waals surface area (Å²) < 4.78 is 0. The lowest BCUT2D eigenvalue weighted by Crippen LogP contribution is -2.02. The molecule has 0 aliphatic rings. The van der Waals surface area contributed by atoms with E-state index in [1.165, 1.54) is 6.33 Å². The summed E-state index contributed by atoms with van der Waals surface area (Å²) in [5.41, 5.74) is 9.07. The molecule has 2 heterocycles. The van der Waals surface area contributed by atoms with Crippen molar-refractivity contribution in [1.82, 2.24) is 15.0 Å². The zero-order valence-electron chi connectivity index (χ0n) is 11.4. The van der Waals surface area contributed by atoms with Gasteiger partial charge in [0.2, 0.25) is 0 Å². The van der Waals surface area contributed by atoms with Crippen molar-refractivity contribution in [1.29, 1.82) is 0 Å². The predicted molar refractivity (Wildman–Crippen MR) is 81.2 cm³/mol. The van der Waals surface area contributed by atoms with Gasteiger partial charge in [0.05, 0.1) is 5.69 Å². The first-order valence-electron chi connectivity index (χ1n) is 6.73. The number of anilines is 1. The molecule has 3 rings (SSSR count). The topological polar surface area (TPSA) is 64.7 Å². The first-order valence-corrected chi connectivity index (χ1v) is 6.73. The molecule has 4 nitrogen and oxygen atoms in total. The number of fused-ring (bicyclic) bond motifs is 1. The van der Waals surface area contributed by atoms with E-state index in [0.717, 1.165) is 40.4 Å². The summed E-state index contributed by atoms with van der Waals surface area (Å²) in [4.78, 5) is 12.8. The molecular formula is C16H16N4. The van der Waals surface area contributed by atoms with Gasteiger partial charge in [-0.2, -0.15) is 0 Å². The van der Waals surface area contributed by atoms with Crippen LogP contribution in [0.1, 0.15) is 18.9 Å². The molecule has 0 bridgehead atoms. The van der Waals surface area contributed by atoms with Crippen LogP contribution in [0.3, 0.4) is 0 Å². The lowest BCUT2D eigenvalue weighted by Gasteiger charge is -2.11. The van der Waals surface area contributed by atoms with Crippen LogP contribution in [0.2, 0.25) is 0 Å². The average Bonchev–Trinajstić information content (AvgIpc) is 2.49. The van der Waals surface area contributed by atoms with Crippen LogP contribution in [-0.4, -0.2) is 15.0 Å². The molecule has 100 valence electrons. The maximum atomic E-state index is 6.03. The Bertz CT molecular complexity index is 747. The van der Waals surface area contributed by atoms with Gasteiger partial charge in [-0.25, -0.2) is 9.97 Å². The summed E-state index contributed by atoms with van der Waals surface area (Å²) in [6.07, 6.45) is 7.09. The fourth-order valence-electron chi connectivity index (χ4n) is 2.48. The van der Waals surface area contributed by atoms with Gasteiger partial charge in [-0.05, 0) is 17.9 Å². The fraction of sp³-hybridized carbons (Fsp3) is 0.188. The molecule has 0 aliphatic carbocycles. The lowest BCUT2D eigenvalue weighted by molar-refractivity contribution is 0.909. The first-order chi connectivity index (χ1) is 9.81. The highest BCUT2D eigenvalue weighted by molar-refractivity contribution is 5.96. The van der Waals surface area contributed by atoms with Gasteiger partial charge in [0.15, 0.2) is 0 Å². The Morgan fingerprint density at radius 1 is 1.15 bits per heavy atom. The molecule has 2 aromatic heterocycles. The minimum atomic E-state index is 0.572. The minimum absolute atomic E-state index is 0.572. The van der Waals surface area contributed by atoms with Gasteiger partial charge >= 0.3 is 0 Å². The van der Waals surface area contributed by atoms with Crippen molar-refractivity contribution < 1.29 is 0 Å². The van der Waals surface area contributed by atoms with Crippen LogP contribution in [0, 0.1) is 0 Å². The summed E-state index contributed by atoms with van der Waals surface area (Å²) in [5.74, 6) is 0.572. The van der Waals surface area contributed by atoms with Gasteiger partial charge in [-0.15, -0.1) is 0 Å². The van der Waals surface area contributed by atoms with E-state index in [9.17, 15) is 0 Å². The molecule has 0 amide bonds.